The van der Waals surface area contributed by atoms with Crippen molar-refractivity contribution in [2.45, 2.75) is 18.9 Å². The van der Waals surface area contributed by atoms with Gasteiger partial charge in [-0.1, -0.05) is 0 Å². The van der Waals surface area contributed by atoms with E-state index in [4.69, 9.17) is 11.5 Å². The van der Waals surface area contributed by atoms with E-state index in [9.17, 15) is 9.18 Å². The molecule has 4 N–H and O–H groups in total. The summed E-state index contributed by atoms with van der Waals surface area (Å²) in [7, 11) is 0. The lowest BCUT2D eigenvalue weighted by Gasteiger charge is -2.26. The molecular formula is C11H13BrFN3O. The van der Waals surface area contributed by atoms with E-state index in [2.05, 4.69) is 15.9 Å². The Morgan fingerprint density at radius 1 is 1.53 bits per heavy atom. The van der Waals surface area contributed by atoms with Crippen molar-refractivity contribution in [2.24, 2.45) is 5.73 Å². The molecule has 1 heterocycles. The molecule has 1 aliphatic rings. The molecule has 0 radical (unpaired) electrons. The van der Waals surface area contributed by atoms with Gasteiger partial charge in [-0.05, 0) is 34.8 Å². The number of nitrogen functional groups attached to an aromatic ring is 1. The maximum Gasteiger partial charge on any atom is 0.240 e. The summed E-state index contributed by atoms with van der Waals surface area (Å²) in [6, 6.07) is 2.44. The van der Waals surface area contributed by atoms with Gasteiger partial charge < -0.3 is 16.4 Å². The summed E-state index contributed by atoms with van der Waals surface area (Å²) in [5.41, 5.74) is 12.1. The standard InChI is InChI=1S/C11H13BrFN3O/c12-6-4-8(14)10(5-7(6)13)16-3-1-2-9(16)11(15)17/h4-5,9H,1-3,14H2,(H2,15,17). The number of nitrogens with two attached hydrogens (primary N) is 2. The van der Waals surface area contributed by atoms with E-state index in [1.165, 1.54) is 12.1 Å². The first-order valence-corrected chi connectivity index (χ1v) is 6.10. The number of amides is 1. The maximum absolute atomic E-state index is 13.5. The first-order valence-electron chi connectivity index (χ1n) is 5.31. The molecule has 0 aromatic heterocycles. The predicted octanol–water partition coefficient (Wildman–Crippen LogP) is 1.62. The van der Waals surface area contributed by atoms with Crippen LogP contribution in [0.15, 0.2) is 16.6 Å². The maximum atomic E-state index is 13.5. The molecule has 0 spiro atoms. The van der Waals surface area contributed by atoms with Crippen LogP contribution in [0.5, 0.6) is 0 Å². The average Bonchev–Trinajstić information content (AvgIpc) is 2.72. The number of hydrogen-bond donors (Lipinski definition) is 2. The van der Waals surface area contributed by atoms with Gasteiger partial charge in [0.15, 0.2) is 0 Å². The van der Waals surface area contributed by atoms with Crippen LogP contribution in [-0.4, -0.2) is 18.5 Å². The number of nitrogens with zero attached hydrogens (tertiary/aromatic N) is 1. The number of hydrogen-bond acceptors (Lipinski definition) is 3. The summed E-state index contributed by atoms with van der Waals surface area (Å²) < 4.78 is 13.8. The molecule has 1 aliphatic heterocycles. The Labute approximate surface area is 107 Å². The highest BCUT2D eigenvalue weighted by atomic mass is 79.9. The van der Waals surface area contributed by atoms with Crippen molar-refractivity contribution in [3.8, 4) is 0 Å². The van der Waals surface area contributed by atoms with E-state index in [1.54, 1.807) is 4.90 Å². The van der Waals surface area contributed by atoms with Crippen LogP contribution in [0.25, 0.3) is 0 Å². The van der Waals surface area contributed by atoms with Crippen molar-refractivity contribution in [2.75, 3.05) is 17.2 Å². The highest BCUT2D eigenvalue weighted by Crippen LogP contribution is 2.33. The normalized spacial score (nSPS) is 19.6. The van der Waals surface area contributed by atoms with Crippen LogP contribution >= 0.6 is 15.9 Å². The van der Waals surface area contributed by atoms with Crippen molar-refractivity contribution in [3.63, 3.8) is 0 Å². The summed E-state index contributed by atoms with van der Waals surface area (Å²) in [5.74, 6) is -0.797. The molecule has 6 heteroatoms. The highest BCUT2D eigenvalue weighted by Gasteiger charge is 2.30. The summed E-state index contributed by atoms with van der Waals surface area (Å²) in [6.45, 7) is 0.666. The number of carbonyl (C=O) groups is 1. The van der Waals surface area contributed by atoms with E-state index in [0.717, 1.165) is 6.42 Å². The van der Waals surface area contributed by atoms with Gasteiger partial charge in [-0.25, -0.2) is 4.39 Å². The quantitative estimate of drug-likeness (QED) is 0.816. The molecule has 1 aromatic carbocycles. The molecule has 1 unspecified atom stereocenters. The molecule has 1 amide bonds. The lowest BCUT2D eigenvalue weighted by atomic mass is 10.2. The van der Waals surface area contributed by atoms with Gasteiger partial charge in [0.05, 0.1) is 15.8 Å². The van der Waals surface area contributed by atoms with Crippen LogP contribution in [0.4, 0.5) is 15.8 Å². The second-order valence-electron chi connectivity index (χ2n) is 4.08. The van der Waals surface area contributed by atoms with Crippen LogP contribution in [-0.2, 0) is 4.79 Å². The molecule has 1 fully saturated rings. The molecular weight excluding hydrogens is 289 g/mol. The third kappa shape index (κ3) is 2.22. The van der Waals surface area contributed by atoms with E-state index in [1.807, 2.05) is 0 Å². The van der Waals surface area contributed by atoms with Gasteiger partial charge in [-0.3, -0.25) is 4.79 Å². The molecule has 2 rings (SSSR count). The average molecular weight is 302 g/mol. The number of rotatable bonds is 2. The van der Waals surface area contributed by atoms with Crippen molar-refractivity contribution < 1.29 is 9.18 Å². The van der Waals surface area contributed by atoms with E-state index < -0.39 is 17.8 Å². The predicted molar refractivity (Wildman–Crippen MR) is 68.1 cm³/mol. The third-order valence-corrected chi connectivity index (χ3v) is 3.57. The van der Waals surface area contributed by atoms with Crippen LogP contribution in [0.3, 0.4) is 0 Å². The fourth-order valence-electron chi connectivity index (χ4n) is 2.15. The molecule has 0 aliphatic carbocycles. The molecule has 4 nitrogen and oxygen atoms in total. The monoisotopic (exact) mass is 301 g/mol. The summed E-state index contributed by atoms with van der Waals surface area (Å²) in [5, 5.41) is 0. The molecule has 1 saturated heterocycles. The molecule has 1 atom stereocenters. The molecule has 17 heavy (non-hydrogen) atoms. The highest BCUT2D eigenvalue weighted by molar-refractivity contribution is 9.10. The lowest BCUT2D eigenvalue weighted by Crippen LogP contribution is -2.40. The van der Waals surface area contributed by atoms with Gasteiger partial charge in [-0.2, -0.15) is 0 Å². The minimum atomic E-state index is -0.399. The van der Waals surface area contributed by atoms with Crippen LogP contribution in [0.1, 0.15) is 12.8 Å². The van der Waals surface area contributed by atoms with Gasteiger partial charge in [0, 0.05) is 12.6 Å². The van der Waals surface area contributed by atoms with Crippen molar-refractivity contribution >= 4 is 33.2 Å². The zero-order valence-corrected chi connectivity index (χ0v) is 10.7. The van der Waals surface area contributed by atoms with Crippen molar-refractivity contribution in [1.82, 2.24) is 0 Å². The number of anilines is 2. The smallest absolute Gasteiger partial charge is 0.240 e. The van der Waals surface area contributed by atoms with Gasteiger partial charge >= 0.3 is 0 Å². The Balaban J connectivity index is 2.40. The number of primary amides is 1. The SMILES string of the molecule is NC(=O)C1CCCN1c1cc(F)c(Br)cc1N. The van der Waals surface area contributed by atoms with Gasteiger partial charge in [0.1, 0.15) is 11.9 Å². The minimum Gasteiger partial charge on any atom is -0.397 e. The first-order chi connectivity index (χ1) is 8.00. The fraction of sp³-hybridized carbons (Fsp3) is 0.364. The second kappa shape index (κ2) is 4.52. The Bertz CT molecular complexity index is 466. The van der Waals surface area contributed by atoms with E-state index in [0.29, 0.717) is 28.8 Å². The summed E-state index contributed by atoms with van der Waals surface area (Å²) in [6.07, 6.45) is 1.54. The zero-order chi connectivity index (χ0) is 12.6. The minimum absolute atomic E-state index is 0.313. The lowest BCUT2D eigenvalue weighted by molar-refractivity contribution is -0.119. The van der Waals surface area contributed by atoms with Crippen LogP contribution in [0, 0.1) is 5.82 Å². The van der Waals surface area contributed by atoms with Gasteiger partial charge in [0.25, 0.3) is 0 Å². The molecule has 0 bridgehead atoms. The van der Waals surface area contributed by atoms with Gasteiger partial charge in [0.2, 0.25) is 5.91 Å². The van der Waals surface area contributed by atoms with E-state index >= 15 is 0 Å². The number of carbonyl (C=O) groups excluding carboxylic acids is 1. The third-order valence-electron chi connectivity index (χ3n) is 2.96. The van der Waals surface area contributed by atoms with Gasteiger partial charge in [-0.15, -0.1) is 0 Å². The first kappa shape index (κ1) is 12.2. The molecule has 92 valence electrons. The topological polar surface area (TPSA) is 72.4 Å². The number of benzene rings is 1. The van der Waals surface area contributed by atoms with Crippen LogP contribution < -0.4 is 16.4 Å². The van der Waals surface area contributed by atoms with Crippen molar-refractivity contribution in [1.29, 1.82) is 0 Å². The zero-order valence-electron chi connectivity index (χ0n) is 9.12. The number of halogens is 2. The summed E-state index contributed by atoms with van der Waals surface area (Å²) in [4.78, 5) is 13.1. The Morgan fingerprint density at radius 2 is 2.24 bits per heavy atom. The summed E-state index contributed by atoms with van der Waals surface area (Å²) >= 11 is 3.07. The second-order valence-corrected chi connectivity index (χ2v) is 4.93. The molecule has 1 aromatic rings. The van der Waals surface area contributed by atoms with E-state index in [-0.39, 0.29) is 0 Å². The Hall–Kier alpha value is -1.30. The largest absolute Gasteiger partial charge is 0.397 e. The molecule has 0 saturated carbocycles. The fourth-order valence-corrected chi connectivity index (χ4v) is 2.51. The van der Waals surface area contributed by atoms with Crippen molar-refractivity contribution in [3.05, 3.63) is 22.4 Å². The Morgan fingerprint density at radius 3 is 2.88 bits per heavy atom. The Kier molecular flexibility index (Phi) is 3.24. The van der Waals surface area contributed by atoms with Crippen LogP contribution in [0.2, 0.25) is 0 Å².